The van der Waals surface area contributed by atoms with E-state index in [1.165, 1.54) is 11.1 Å². The topological polar surface area (TPSA) is 32.3 Å². The van der Waals surface area contributed by atoms with Crippen LogP contribution in [0.15, 0.2) is 48.5 Å². The van der Waals surface area contributed by atoms with Gasteiger partial charge in [0.25, 0.3) is 0 Å². The van der Waals surface area contributed by atoms with Gasteiger partial charge in [-0.3, -0.25) is 0 Å². The highest BCUT2D eigenvalue weighted by molar-refractivity contribution is 5.51. The predicted octanol–water partition coefficient (Wildman–Crippen LogP) is 3.10. The van der Waals surface area contributed by atoms with Crippen molar-refractivity contribution < 1.29 is 5.11 Å². The highest BCUT2D eigenvalue weighted by atomic mass is 16.3. The van der Waals surface area contributed by atoms with Crippen LogP contribution in [0.4, 0.5) is 5.69 Å². The molecule has 17 heavy (non-hydrogen) atoms. The monoisotopic (exact) mass is 227 g/mol. The van der Waals surface area contributed by atoms with E-state index in [9.17, 15) is 5.11 Å². The summed E-state index contributed by atoms with van der Waals surface area (Å²) in [6, 6.07) is 16.3. The number of para-hydroxylation sites is 1. The van der Waals surface area contributed by atoms with Gasteiger partial charge in [0.1, 0.15) is 0 Å². The van der Waals surface area contributed by atoms with Gasteiger partial charge in [-0.15, -0.1) is 0 Å². The van der Waals surface area contributed by atoms with Crippen LogP contribution in [0, 0.1) is 6.92 Å². The molecular formula is C15H17NO. The van der Waals surface area contributed by atoms with E-state index in [0.717, 1.165) is 17.8 Å². The number of nitrogens with one attached hydrogen (secondary N) is 1. The molecule has 2 aromatic carbocycles. The molecule has 0 saturated carbocycles. The molecule has 0 amide bonds. The first kappa shape index (κ1) is 11.7. The van der Waals surface area contributed by atoms with Crippen molar-refractivity contribution in [3.63, 3.8) is 0 Å². The van der Waals surface area contributed by atoms with Crippen LogP contribution in [0.2, 0.25) is 0 Å². The second-order valence-corrected chi connectivity index (χ2v) is 4.15. The summed E-state index contributed by atoms with van der Waals surface area (Å²) < 4.78 is 0. The molecule has 0 bridgehead atoms. The maximum atomic E-state index is 9.21. The van der Waals surface area contributed by atoms with Crippen molar-refractivity contribution in [1.82, 2.24) is 0 Å². The van der Waals surface area contributed by atoms with Crippen LogP contribution in [-0.4, -0.2) is 5.11 Å². The molecule has 0 aromatic heterocycles. The van der Waals surface area contributed by atoms with Crippen LogP contribution in [0.1, 0.15) is 16.7 Å². The van der Waals surface area contributed by atoms with Gasteiger partial charge >= 0.3 is 0 Å². The molecule has 2 nitrogen and oxygen atoms in total. The van der Waals surface area contributed by atoms with Gasteiger partial charge in [0, 0.05) is 17.8 Å². The van der Waals surface area contributed by atoms with E-state index < -0.39 is 0 Å². The Morgan fingerprint density at radius 1 is 1.00 bits per heavy atom. The average Bonchev–Trinajstić information content (AvgIpc) is 2.38. The fraction of sp³-hybridized carbons (Fsp3) is 0.200. The number of benzene rings is 2. The summed E-state index contributed by atoms with van der Waals surface area (Å²) in [5.41, 5.74) is 4.43. The summed E-state index contributed by atoms with van der Waals surface area (Å²) in [5.74, 6) is 0. The molecule has 0 saturated heterocycles. The minimum absolute atomic E-state index is 0.0665. The maximum Gasteiger partial charge on any atom is 0.0701 e. The molecule has 88 valence electrons. The summed E-state index contributed by atoms with van der Waals surface area (Å²) in [6.07, 6.45) is 0. The molecule has 2 heteroatoms. The fourth-order valence-corrected chi connectivity index (χ4v) is 1.73. The van der Waals surface area contributed by atoms with Gasteiger partial charge in [0.2, 0.25) is 0 Å². The zero-order valence-corrected chi connectivity index (χ0v) is 9.98. The van der Waals surface area contributed by atoms with E-state index in [1.807, 2.05) is 24.3 Å². The third kappa shape index (κ3) is 3.08. The SMILES string of the molecule is Cc1ccc(CNc2ccccc2CO)cc1. The van der Waals surface area contributed by atoms with E-state index in [0.29, 0.717) is 0 Å². The minimum atomic E-state index is 0.0665. The maximum absolute atomic E-state index is 9.21. The molecule has 0 aliphatic carbocycles. The quantitative estimate of drug-likeness (QED) is 0.841. The Morgan fingerprint density at radius 3 is 2.41 bits per heavy atom. The van der Waals surface area contributed by atoms with Crippen molar-refractivity contribution in [3.05, 3.63) is 65.2 Å². The lowest BCUT2D eigenvalue weighted by Crippen LogP contribution is -2.02. The molecule has 2 aromatic rings. The molecule has 0 atom stereocenters. The lowest BCUT2D eigenvalue weighted by molar-refractivity contribution is 0.282. The van der Waals surface area contributed by atoms with Crippen molar-refractivity contribution in [2.45, 2.75) is 20.1 Å². The standard InChI is InChI=1S/C15H17NO/c1-12-6-8-13(9-7-12)10-16-15-5-3-2-4-14(15)11-17/h2-9,16-17H,10-11H2,1H3. The normalized spacial score (nSPS) is 10.2. The van der Waals surface area contributed by atoms with E-state index in [-0.39, 0.29) is 6.61 Å². The Labute approximate surface area is 102 Å². The van der Waals surface area contributed by atoms with Crippen LogP contribution in [-0.2, 0) is 13.2 Å². The third-order valence-corrected chi connectivity index (χ3v) is 2.79. The number of aliphatic hydroxyl groups excluding tert-OH is 1. The van der Waals surface area contributed by atoms with Crippen molar-refractivity contribution in [2.24, 2.45) is 0 Å². The Kier molecular flexibility index (Phi) is 3.78. The molecule has 0 radical (unpaired) electrons. The Hall–Kier alpha value is -1.80. The van der Waals surface area contributed by atoms with Gasteiger partial charge in [0.15, 0.2) is 0 Å². The van der Waals surface area contributed by atoms with Crippen LogP contribution in [0.3, 0.4) is 0 Å². The molecule has 0 aliphatic rings. The zero-order chi connectivity index (χ0) is 12.1. The summed E-state index contributed by atoms with van der Waals surface area (Å²) >= 11 is 0. The first-order chi connectivity index (χ1) is 8.29. The van der Waals surface area contributed by atoms with Crippen LogP contribution < -0.4 is 5.32 Å². The predicted molar refractivity (Wildman–Crippen MR) is 70.9 cm³/mol. The number of anilines is 1. The molecule has 0 spiro atoms. The number of hydrogen-bond acceptors (Lipinski definition) is 2. The van der Waals surface area contributed by atoms with Crippen LogP contribution >= 0.6 is 0 Å². The van der Waals surface area contributed by atoms with Gasteiger partial charge in [-0.05, 0) is 18.6 Å². The number of aliphatic hydroxyl groups is 1. The second-order valence-electron chi connectivity index (χ2n) is 4.15. The summed E-state index contributed by atoms with van der Waals surface area (Å²) in [7, 11) is 0. The van der Waals surface area contributed by atoms with E-state index >= 15 is 0 Å². The third-order valence-electron chi connectivity index (χ3n) is 2.79. The lowest BCUT2D eigenvalue weighted by Gasteiger charge is -2.10. The highest BCUT2D eigenvalue weighted by Crippen LogP contribution is 2.16. The Bertz CT molecular complexity index is 477. The number of rotatable bonds is 4. The molecular weight excluding hydrogens is 210 g/mol. The smallest absolute Gasteiger partial charge is 0.0701 e. The minimum Gasteiger partial charge on any atom is -0.392 e. The van der Waals surface area contributed by atoms with E-state index in [4.69, 9.17) is 0 Å². The van der Waals surface area contributed by atoms with Crippen molar-refractivity contribution in [2.75, 3.05) is 5.32 Å². The number of aryl methyl sites for hydroxylation is 1. The lowest BCUT2D eigenvalue weighted by atomic mass is 10.1. The van der Waals surface area contributed by atoms with Gasteiger partial charge < -0.3 is 10.4 Å². The fourth-order valence-electron chi connectivity index (χ4n) is 1.73. The Balaban J connectivity index is 2.04. The Morgan fingerprint density at radius 2 is 1.71 bits per heavy atom. The highest BCUT2D eigenvalue weighted by Gasteiger charge is 1.99. The molecule has 2 N–H and O–H groups in total. The molecule has 0 heterocycles. The molecule has 0 unspecified atom stereocenters. The number of hydrogen-bond donors (Lipinski definition) is 2. The first-order valence-electron chi connectivity index (χ1n) is 5.78. The van der Waals surface area contributed by atoms with E-state index in [1.54, 1.807) is 0 Å². The van der Waals surface area contributed by atoms with Gasteiger partial charge in [-0.2, -0.15) is 0 Å². The van der Waals surface area contributed by atoms with Crippen molar-refractivity contribution in [3.8, 4) is 0 Å². The summed E-state index contributed by atoms with van der Waals surface area (Å²) in [6.45, 7) is 2.92. The van der Waals surface area contributed by atoms with Crippen LogP contribution in [0.25, 0.3) is 0 Å². The van der Waals surface area contributed by atoms with Gasteiger partial charge in [0.05, 0.1) is 6.61 Å². The summed E-state index contributed by atoms with van der Waals surface area (Å²) in [5, 5.41) is 12.6. The van der Waals surface area contributed by atoms with Crippen molar-refractivity contribution >= 4 is 5.69 Å². The van der Waals surface area contributed by atoms with E-state index in [2.05, 4.69) is 36.5 Å². The molecule has 0 fully saturated rings. The van der Waals surface area contributed by atoms with Gasteiger partial charge in [-0.25, -0.2) is 0 Å². The average molecular weight is 227 g/mol. The first-order valence-corrected chi connectivity index (χ1v) is 5.78. The molecule has 2 rings (SSSR count). The van der Waals surface area contributed by atoms with Crippen LogP contribution in [0.5, 0.6) is 0 Å². The molecule has 0 aliphatic heterocycles. The van der Waals surface area contributed by atoms with Gasteiger partial charge in [-0.1, -0.05) is 48.0 Å². The largest absolute Gasteiger partial charge is 0.392 e. The second kappa shape index (κ2) is 5.51. The summed E-state index contributed by atoms with van der Waals surface area (Å²) in [4.78, 5) is 0. The zero-order valence-electron chi connectivity index (χ0n) is 9.98. The van der Waals surface area contributed by atoms with Crippen molar-refractivity contribution in [1.29, 1.82) is 0 Å².